The SMILES string of the molecule is CCN[C@H](C)CNC(=O)CCOc1ccc(Cl)cc1Cl. The fourth-order valence-corrected chi connectivity index (χ4v) is 2.08. The van der Waals surface area contributed by atoms with Gasteiger partial charge in [0.15, 0.2) is 0 Å². The molecule has 0 aliphatic rings. The number of amides is 1. The van der Waals surface area contributed by atoms with Crippen LogP contribution < -0.4 is 15.4 Å². The van der Waals surface area contributed by atoms with Crippen LogP contribution in [0.15, 0.2) is 18.2 Å². The molecule has 1 aromatic rings. The molecule has 2 N–H and O–H groups in total. The summed E-state index contributed by atoms with van der Waals surface area (Å²) in [5, 5.41) is 7.06. The van der Waals surface area contributed by atoms with Gasteiger partial charge in [0.1, 0.15) is 5.75 Å². The van der Waals surface area contributed by atoms with E-state index in [0.29, 0.717) is 22.3 Å². The van der Waals surface area contributed by atoms with Crippen molar-refractivity contribution in [3.63, 3.8) is 0 Å². The molecule has 112 valence electrons. The van der Waals surface area contributed by atoms with E-state index in [0.717, 1.165) is 6.54 Å². The minimum absolute atomic E-state index is 0.0418. The van der Waals surface area contributed by atoms with Crippen LogP contribution in [0.3, 0.4) is 0 Å². The monoisotopic (exact) mass is 318 g/mol. The molecule has 0 radical (unpaired) electrons. The highest BCUT2D eigenvalue weighted by Crippen LogP contribution is 2.27. The fraction of sp³-hybridized carbons (Fsp3) is 0.500. The first-order chi connectivity index (χ1) is 9.52. The van der Waals surface area contributed by atoms with Gasteiger partial charge in [0.05, 0.1) is 18.1 Å². The maximum atomic E-state index is 11.6. The van der Waals surface area contributed by atoms with Gasteiger partial charge < -0.3 is 15.4 Å². The van der Waals surface area contributed by atoms with Crippen LogP contribution in [0.4, 0.5) is 0 Å². The number of hydrogen-bond donors (Lipinski definition) is 2. The lowest BCUT2D eigenvalue weighted by Crippen LogP contribution is -2.39. The first-order valence-corrected chi connectivity index (χ1v) is 7.36. The quantitative estimate of drug-likeness (QED) is 0.775. The molecule has 1 amide bonds. The highest BCUT2D eigenvalue weighted by atomic mass is 35.5. The predicted octanol–water partition coefficient (Wildman–Crippen LogP) is 2.88. The Labute approximate surface area is 129 Å². The van der Waals surface area contributed by atoms with Gasteiger partial charge >= 0.3 is 0 Å². The largest absolute Gasteiger partial charge is 0.491 e. The van der Waals surface area contributed by atoms with Gasteiger partial charge in [-0.3, -0.25) is 4.79 Å². The van der Waals surface area contributed by atoms with Crippen molar-refractivity contribution in [2.24, 2.45) is 0 Å². The van der Waals surface area contributed by atoms with Gasteiger partial charge in [-0.15, -0.1) is 0 Å². The predicted molar refractivity (Wildman–Crippen MR) is 82.7 cm³/mol. The molecule has 1 atom stereocenters. The van der Waals surface area contributed by atoms with Crippen molar-refractivity contribution >= 4 is 29.1 Å². The van der Waals surface area contributed by atoms with Crippen LogP contribution in [-0.2, 0) is 4.79 Å². The van der Waals surface area contributed by atoms with Crippen LogP contribution in [0.2, 0.25) is 10.0 Å². The number of halogens is 2. The Morgan fingerprint density at radius 3 is 2.80 bits per heavy atom. The van der Waals surface area contributed by atoms with Crippen LogP contribution in [0.25, 0.3) is 0 Å². The Kier molecular flexibility index (Phi) is 7.73. The van der Waals surface area contributed by atoms with Crippen molar-refractivity contribution in [2.45, 2.75) is 26.3 Å². The Bertz CT molecular complexity index is 441. The summed E-state index contributed by atoms with van der Waals surface area (Å²) in [6.07, 6.45) is 0.289. The van der Waals surface area contributed by atoms with Gasteiger partial charge in [-0.2, -0.15) is 0 Å². The average molecular weight is 319 g/mol. The molecule has 0 heterocycles. The van der Waals surface area contributed by atoms with Crippen molar-refractivity contribution < 1.29 is 9.53 Å². The van der Waals surface area contributed by atoms with Crippen molar-refractivity contribution in [1.82, 2.24) is 10.6 Å². The number of ether oxygens (including phenoxy) is 1. The summed E-state index contributed by atoms with van der Waals surface area (Å²) in [7, 11) is 0. The first-order valence-electron chi connectivity index (χ1n) is 6.60. The topological polar surface area (TPSA) is 50.4 Å². The van der Waals surface area contributed by atoms with E-state index in [1.54, 1.807) is 18.2 Å². The number of carbonyl (C=O) groups is 1. The second kappa shape index (κ2) is 9.06. The average Bonchev–Trinajstić information content (AvgIpc) is 2.39. The number of benzene rings is 1. The van der Waals surface area contributed by atoms with Crippen LogP contribution in [0.1, 0.15) is 20.3 Å². The number of nitrogens with one attached hydrogen (secondary N) is 2. The molecule has 4 nitrogen and oxygen atoms in total. The van der Waals surface area contributed by atoms with Crippen molar-refractivity contribution in [1.29, 1.82) is 0 Å². The third-order valence-corrected chi connectivity index (χ3v) is 3.17. The van der Waals surface area contributed by atoms with Crippen LogP contribution in [0.5, 0.6) is 5.75 Å². The second-order valence-electron chi connectivity index (χ2n) is 4.44. The highest BCUT2D eigenvalue weighted by Gasteiger charge is 2.06. The molecular formula is C14H20Cl2N2O2. The van der Waals surface area contributed by atoms with Gasteiger partial charge in [0.25, 0.3) is 0 Å². The molecule has 0 saturated carbocycles. The molecule has 0 spiro atoms. The van der Waals surface area contributed by atoms with E-state index in [1.807, 2.05) is 13.8 Å². The minimum Gasteiger partial charge on any atom is -0.491 e. The lowest BCUT2D eigenvalue weighted by Gasteiger charge is -2.13. The maximum absolute atomic E-state index is 11.6. The Morgan fingerprint density at radius 1 is 1.40 bits per heavy atom. The highest BCUT2D eigenvalue weighted by molar-refractivity contribution is 6.35. The van der Waals surface area contributed by atoms with Gasteiger partial charge in [-0.1, -0.05) is 30.1 Å². The lowest BCUT2D eigenvalue weighted by molar-refractivity contribution is -0.121. The Balaban J connectivity index is 2.24. The molecule has 0 unspecified atom stereocenters. The summed E-state index contributed by atoms with van der Waals surface area (Å²) in [6.45, 7) is 5.82. The summed E-state index contributed by atoms with van der Waals surface area (Å²) in [5.74, 6) is 0.490. The molecule has 20 heavy (non-hydrogen) atoms. The standard InChI is InChI=1S/C14H20Cl2N2O2/c1-3-17-10(2)9-18-14(19)6-7-20-13-5-4-11(15)8-12(13)16/h4-5,8,10,17H,3,6-7,9H2,1-2H3,(H,18,19)/t10-/m1/s1. The molecule has 1 aromatic carbocycles. The number of likely N-dealkylation sites (N-methyl/N-ethyl adjacent to an activating group) is 1. The normalized spacial score (nSPS) is 12.0. The minimum atomic E-state index is -0.0418. The van der Waals surface area contributed by atoms with Gasteiger partial charge in [0, 0.05) is 17.6 Å². The zero-order valence-electron chi connectivity index (χ0n) is 11.7. The molecule has 0 aliphatic heterocycles. The third kappa shape index (κ3) is 6.46. The van der Waals surface area contributed by atoms with Gasteiger partial charge in [0.2, 0.25) is 5.91 Å². The third-order valence-electron chi connectivity index (χ3n) is 2.64. The molecular weight excluding hydrogens is 299 g/mol. The van der Waals surface area contributed by atoms with Crippen molar-refractivity contribution in [2.75, 3.05) is 19.7 Å². The summed E-state index contributed by atoms with van der Waals surface area (Å²) < 4.78 is 5.45. The Hall–Kier alpha value is -0.970. The zero-order chi connectivity index (χ0) is 15.0. The second-order valence-corrected chi connectivity index (χ2v) is 5.28. The van der Waals surface area contributed by atoms with E-state index in [2.05, 4.69) is 10.6 Å². The van der Waals surface area contributed by atoms with Crippen LogP contribution >= 0.6 is 23.2 Å². The molecule has 0 aromatic heterocycles. The number of rotatable bonds is 8. The smallest absolute Gasteiger partial charge is 0.223 e. The van der Waals surface area contributed by atoms with E-state index in [1.165, 1.54) is 0 Å². The summed E-state index contributed by atoms with van der Waals surface area (Å²) in [4.78, 5) is 11.6. The number of hydrogen-bond acceptors (Lipinski definition) is 3. The first kappa shape index (κ1) is 17.1. The van der Waals surface area contributed by atoms with Crippen LogP contribution in [0, 0.1) is 0 Å². The molecule has 1 rings (SSSR count). The van der Waals surface area contributed by atoms with E-state index in [4.69, 9.17) is 27.9 Å². The summed E-state index contributed by atoms with van der Waals surface area (Å²) in [6, 6.07) is 5.25. The summed E-state index contributed by atoms with van der Waals surface area (Å²) >= 11 is 11.8. The van der Waals surface area contributed by atoms with Crippen molar-refractivity contribution in [3.8, 4) is 5.75 Å². The van der Waals surface area contributed by atoms with E-state index < -0.39 is 0 Å². The van der Waals surface area contributed by atoms with Gasteiger partial charge in [-0.25, -0.2) is 0 Å². The van der Waals surface area contributed by atoms with Crippen molar-refractivity contribution in [3.05, 3.63) is 28.2 Å². The van der Waals surface area contributed by atoms with E-state index in [-0.39, 0.29) is 25.0 Å². The molecule has 0 bridgehead atoms. The number of carbonyl (C=O) groups excluding carboxylic acids is 1. The summed E-state index contributed by atoms with van der Waals surface area (Å²) in [5.41, 5.74) is 0. The maximum Gasteiger partial charge on any atom is 0.223 e. The fourth-order valence-electron chi connectivity index (χ4n) is 1.62. The van der Waals surface area contributed by atoms with Crippen LogP contribution in [-0.4, -0.2) is 31.6 Å². The molecule has 0 fully saturated rings. The van der Waals surface area contributed by atoms with E-state index >= 15 is 0 Å². The molecule has 0 saturated heterocycles. The zero-order valence-corrected chi connectivity index (χ0v) is 13.2. The molecule has 6 heteroatoms. The van der Waals surface area contributed by atoms with E-state index in [9.17, 15) is 4.79 Å². The lowest BCUT2D eigenvalue weighted by atomic mass is 10.3. The molecule has 0 aliphatic carbocycles. The Morgan fingerprint density at radius 2 is 2.15 bits per heavy atom. The van der Waals surface area contributed by atoms with Gasteiger partial charge in [-0.05, 0) is 31.7 Å².